The van der Waals surface area contributed by atoms with Crippen molar-refractivity contribution in [3.8, 4) is 0 Å². The molecular formula is C17H26N2O4S. The normalized spacial score (nSPS) is 18.2. The summed E-state index contributed by atoms with van der Waals surface area (Å²) >= 11 is 1.49. The number of carbonyl (C=O) groups excluding carboxylic acids is 2. The molecule has 1 fully saturated rings. The second kappa shape index (κ2) is 7.19. The maximum Gasteiger partial charge on any atom is 0.357 e. The largest absolute Gasteiger partial charge is 0.461 e. The van der Waals surface area contributed by atoms with E-state index in [1.54, 1.807) is 17.4 Å². The number of aromatic nitrogens is 1. The van der Waals surface area contributed by atoms with Crippen LogP contribution in [0.3, 0.4) is 0 Å². The SMILES string of the molecule is CCOC(=O)c1csc(C2(C)CCN(OC(=O)C(C)(C)C)CC2)n1. The van der Waals surface area contributed by atoms with E-state index in [-0.39, 0.29) is 17.4 Å². The Morgan fingerprint density at radius 2 is 1.96 bits per heavy atom. The van der Waals surface area contributed by atoms with Gasteiger partial charge in [0.15, 0.2) is 5.69 Å². The number of hydroxylamine groups is 2. The number of thiazole rings is 1. The third-order valence-corrected chi connectivity index (χ3v) is 5.30. The molecule has 1 aliphatic heterocycles. The van der Waals surface area contributed by atoms with Crippen LogP contribution >= 0.6 is 11.3 Å². The molecule has 134 valence electrons. The van der Waals surface area contributed by atoms with Crippen molar-refractivity contribution in [3.63, 3.8) is 0 Å². The molecule has 0 spiro atoms. The van der Waals surface area contributed by atoms with E-state index < -0.39 is 5.41 Å². The minimum absolute atomic E-state index is 0.111. The van der Waals surface area contributed by atoms with Crippen molar-refractivity contribution in [2.75, 3.05) is 19.7 Å². The van der Waals surface area contributed by atoms with Gasteiger partial charge in [0.2, 0.25) is 0 Å². The minimum atomic E-state index is -0.509. The maximum absolute atomic E-state index is 12.0. The Kier molecular flexibility index (Phi) is 5.65. The summed E-state index contributed by atoms with van der Waals surface area (Å²) in [6.07, 6.45) is 1.64. The minimum Gasteiger partial charge on any atom is -0.461 e. The molecule has 0 aromatic carbocycles. The predicted octanol–water partition coefficient (Wildman–Crippen LogP) is 3.18. The summed E-state index contributed by atoms with van der Waals surface area (Å²) in [5.74, 6) is -0.593. The summed E-state index contributed by atoms with van der Waals surface area (Å²) < 4.78 is 4.99. The van der Waals surface area contributed by atoms with Gasteiger partial charge in [0, 0.05) is 23.9 Å². The van der Waals surface area contributed by atoms with Crippen LogP contribution in [0.15, 0.2) is 5.38 Å². The van der Waals surface area contributed by atoms with E-state index in [9.17, 15) is 9.59 Å². The van der Waals surface area contributed by atoms with Gasteiger partial charge in [-0.25, -0.2) is 14.6 Å². The molecule has 0 radical (unpaired) electrons. The quantitative estimate of drug-likeness (QED) is 0.774. The molecule has 1 saturated heterocycles. The number of esters is 1. The van der Waals surface area contributed by atoms with Crippen molar-refractivity contribution in [3.05, 3.63) is 16.1 Å². The molecule has 0 aliphatic carbocycles. The van der Waals surface area contributed by atoms with E-state index in [1.807, 2.05) is 20.8 Å². The summed E-state index contributed by atoms with van der Waals surface area (Å²) in [5, 5.41) is 4.42. The lowest BCUT2D eigenvalue weighted by Gasteiger charge is -2.37. The Hall–Kier alpha value is -1.47. The third kappa shape index (κ3) is 4.33. The highest BCUT2D eigenvalue weighted by Crippen LogP contribution is 2.37. The second-order valence-corrected chi connectivity index (χ2v) is 8.23. The van der Waals surface area contributed by atoms with Crippen molar-refractivity contribution >= 4 is 23.3 Å². The summed E-state index contributed by atoms with van der Waals surface area (Å²) in [6, 6.07) is 0. The third-order valence-electron chi connectivity index (χ3n) is 4.16. The average molecular weight is 354 g/mol. The topological polar surface area (TPSA) is 68.7 Å². The zero-order chi connectivity index (χ0) is 18.0. The number of hydrogen-bond donors (Lipinski definition) is 0. The summed E-state index contributed by atoms with van der Waals surface area (Å²) in [6.45, 7) is 11.1. The Morgan fingerprint density at radius 3 is 2.50 bits per heavy atom. The first-order valence-corrected chi connectivity index (χ1v) is 9.14. The van der Waals surface area contributed by atoms with Gasteiger partial charge in [0.1, 0.15) is 0 Å². The molecule has 0 amide bonds. The van der Waals surface area contributed by atoms with Crippen molar-refractivity contribution in [2.24, 2.45) is 5.41 Å². The van der Waals surface area contributed by atoms with Crippen LogP contribution in [-0.4, -0.2) is 41.7 Å². The van der Waals surface area contributed by atoms with Gasteiger partial charge in [-0.2, -0.15) is 0 Å². The number of piperidine rings is 1. The second-order valence-electron chi connectivity index (χ2n) is 7.38. The maximum atomic E-state index is 12.0. The van der Waals surface area contributed by atoms with E-state index in [0.717, 1.165) is 17.8 Å². The van der Waals surface area contributed by atoms with E-state index in [2.05, 4.69) is 11.9 Å². The fraction of sp³-hybridized carbons (Fsp3) is 0.706. The molecule has 1 aromatic rings. The first-order chi connectivity index (χ1) is 11.2. The number of hydrogen-bond acceptors (Lipinski definition) is 7. The van der Waals surface area contributed by atoms with Crippen LogP contribution in [0.1, 0.15) is 63.0 Å². The number of rotatable bonds is 4. The zero-order valence-electron chi connectivity index (χ0n) is 15.0. The van der Waals surface area contributed by atoms with Gasteiger partial charge in [0.05, 0.1) is 17.0 Å². The first kappa shape index (κ1) is 18.9. The molecule has 2 heterocycles. The van der Waals surface area contributed by atoms with Crippen molar-refractivity contribution < 1.29 is 19.2 Å². The highest BCUT2D eigenvalue weighted by molar-refractivity contribution is 7.10. The standard InChI is InChI=1S/C17H26N2O4S/c1-6-22-13(20)12-11-24-14(18-12)17(5)7-9-19(10-8-17)23-15(21)16(2,3)4/h11H,6-10H2,1-5H3. The molecule has 24 heavy (non-hydrogen) atoms. The molecule has 7 heteroatoms. The molecule has 0 bridgehead atoms. The summed E-state index contributed by atoms with van der Waals surface area (Å²) in [4.78, 5) is 33.7. The van der Waals surface area contributed by atoms with E-state index in [4.69, 9.17) is 9.57 Å². The smallest absolute Gasteiger partial charge is 0.357 e. The Bertz CT molecular complexity index is 598. The van der Waals surface area contributed by atoms with Crippen LogP contribution in [0.4, 0.5) is 0 Å². The molecule has 6 nitrogen and oxygen atoms in total. The molecule has 1 aromatic heterocycles. The summed E-state index contributed by atoms with van der Waals surface area (Å²) in [5.41, 5.74) is -0.246. The number of nitrogens with zero attached hydrogens (tertiary/aromatic N) is 2. The van der Waals surface area contributed by atoms with E-state index in [0.29, 0.717) is 25.4 Å². The highest BCUT2D eigenvalue weighted by atomic mass is 32.1. The van der Waals surface area contributed by atoms with Crippen LogP contribution in [0.25, 0.3) is 0 Å². The van der Waals surface area contributed by atoms with E-state index >= 15 is 0 Å². The van der Waals surface area contributed by atoms with Crippen LogP contribution in [-0.2, 0) is 19.8 Å². The fourth-order valence-electron chi connectivity index (χ4n) is 2.39. The van der Waals surface area contributed by atoms with Crippen LogP contribution in [0.2, 0.25) is 0 Å². The number of ether oxygens (including phenoxy) is 1. The average Bonchev–Trinajstić information content (AvgIpc) is 3.00. The Morgan fingerprint density at radius 1 is 1.33 bits per heavy atom. The van der Waals surface area contributed by atoms with Gasteiger partial charge in [-0.15, -0.1) is 16.4 Å². The van der Waals surface area contributed by atoms with Crippen LogP contribution in [0.5, 0.6) is 0 Å². The van der Waals surface area contributed by atoms with Gasteiger partial charge in [-0.05, 0) is 40.5 Å². The first-order valence-electron chi connectivity index (χ1n) is 8.26. The lowest BCUT2D eigenvalue weighted by atomic mass is 9.81. The van der Waals surface area contributed by atoms with Gasteiger partial charge in [0.25, 0.3) is 0 Å². The van der Waals surface area contributed by atoms with Crippen LogP contribution in [0, 0.1) is 5.41 Å². The lowest BCUT2D eigenvalue weighted by Crippen LogP contribution is -2.43. The molecule has 1 aliphatic rings. The molecule has 0 N–H and O–H groups in total. The van der Waals surface area contributed by atoms with Gasteiger partial charge < -0.3 is 9.57 Å². The van der Waals surface area contributed by atoms with Crippen molar-refractivity contribution in [1.29, 1.82) is 0 Å². The van der Waals surface area contributed by atoms with Gasteiger partial charge in [-0.1, -0.05) is 6.92 Å². The zero-order valence-corrected chi connectivity index (χ0v) is 15.9. The van der Waals surface area contributed by atoms with E-state index in [1.165, 1.54) is 11.3 Å². The van der Waals surface area contributed by atoms with Gasteiger partial charge >= 0.3 is 11.9 Å². The monoisotopic (exact) mass is 354 g/mol. The Labute approximate surface area is 147 Å². The van der Waals surface area contributed by atoms with Gasteiger partial charge in [-0.3, -0.25) is 0 Å². The van der Waals surface area contributed by atoms with Crippen LogP contribution < -0.4 is 0 Å². The number of carbonyl (C=O) groups is 2. The molecule has 2 rings (SSSR count). The Balaban J connectivity index is 1.97. The molecule has 0 saturated carbocycles. The van der Waals surface area contributed by atoms with Crippen molar-refractivity contribution in [1.82, 2.24) is 10.0 Å². The molecule has 0 unspecified atom stereocenters. The lowest BCUT2D eigenvalue weighted by molar-refractivity contribution is -0.206. The highest BCUT2D eigenvalue weighted by Gasteiger charge is 2.37. The molecule has 0 atom stereocenters. The summed E-state index contributed by atoms with van der Waals surface area (Å²) in [7, 11) is 0. The van der Waals surface area contributed by atoms with Crippen molar-refractivity contribution in [2.45, 2.75) is 52.9 Å². The molecular weight excluding hydrogens is 328 g/mol. The predicted molar refractivity (Wildman–Crippen MR) is 91.8 cm³/mol. The fourth-order valence-corrected chi connectivity index (χ4v) is 3.40.